The molecule has 0 bridgehead atoms. The average Bonchev–Trinajstić information content (AvgIpc) is 2.97. The average molecular weight is 316 g/mol. The van der Waals surface area contributed by atoms with E-state index in [9.17, 15) is 0 Å². The Morgan fingerprint density at radius 2 is 1.91 bits per heavy atom. The highest BCUT2D eigenvalue weighted by atomic mass is 16.5. The zero-order chi connectivity index (χ0) is 17.0. The minimum absolute atomic E-state index is 0.0368. The van der Waals surface area contributed by atoms with Gasteiger partial charge in [0.05, 0.1) is 31.2 Å². The summed E-state index contributed by atoms with van der Waals surface area (Å²) in [5.74, 6) is 0. The second kappa shape index (κ2) is 7.28. The van der Waals surface area contributed by atoms with Crippen LogP contribution in [0.25, 0.3) is 0 Å². The lowest BCUT2D eigenvalue weighted by atomic mass is 9.89. The molecule has 0 amide bonds. The number of ether oxygens (including phenoxy) is 2. The van der Waals surface area contributed by atoms with Crippen molar-refractivity contribution in [3.8, 4) is 0 Å². The number of nitrogens with zero attached hydrogens (tertiary/aromatic N) is 2. The molecule has 23 heavy (non-hydrogen) atoms. The molecule has 0 spiro atoms. The Morgan fingerprint density at radius 1 is 1.17 bits per heavy atom. The first-order valence-electron chi connectivity index (χ1n) is 8.05. The summed E-state index contributed by atoms with van der Waals surface area (Å²) in [6.45, 7) is 12.0. The Labute approximate surface area is 139 Å². The lowest BCUT2D eigenvalue weighted by Gasteiger charge is -2.33. The molecule has 1 atom stereocenters. The number of aryl methyl sites for hydroxylation is 1. The molecular weight excluding hydrogens is 288 g/mol. The molecule has 1 aromatic carbocycles. The summed E-state index contributed by atoms with van der Waals surface area (Å²) in [5, 5.41) is 0. The van der Waals surface area contributed by atoms with E-state index in [-0.39, 0.29) is 11.7 Å². The van der Waals surface area contributed by atoms with Crippen LogP contribution in [0.2, 0.25) is 0 Å². The zero-order valence-corrected chi connectivity index (χ0v) is 15.1. The summed E-state index contributed by atoms with van der Waals surface area (Å²) >= 11 is 0. The van der Waals surface area contributed by atoms with Gasteiger partial charge in [0.15, 0.2) is 0 Å². The molecule has 0 aliphatic heterocycles. The lowest BCUT2D eigenvalue weighted by molar-refractivity contribution is -0.106. The van der Waals surface area contributed by atoms with Crippen molar-refractivity contribution >= 4 is 0 Å². The Hall–Kier alpha value is -1.65. The number of benzene rings is 1. The predicted octanol–water partition coefficient (Wildman–Crippen LogP) is 3.78. The standard InChI is InChI=1S/C19H28N2O2/c1-14-7-8-18(16(3)15(14)2)19(4,5)23-17(12-22-6)11-21-10-9-20-13-21/h7-10,13,17H,11-12H2,1-6H3. The summed E-state index contributed by atoms with van der Waals surface area (Å²) in [4.78, 5) is 4.09. The van der Waals surface area contributed by atoms with Gasteiger partial charge in [0.2, 0.25) is 0 Å². The van der Waals surface area contributed by atoms with Gasteiger partial charge in [-0.2, -0.15) is 0 Å². The first-order chi connectivity index (χ1) is 10.8. The molecule has 1 aromatic heterocycles. The van der Waals surface area contributed by atoms with Crippen LogP contribution in [-0.4, -0.2) is 29.4 Å². The molecule has 0 aliphatic carbocycles. The summed E-state index contributed by atoms with van der Waals surface area (Å²) in [7, 11) is 1.71. The normalized spacial score (nSPS) is 13.3. The molecule has 0 saturated carbocycles. The first-order valence-corrected chi connectivity index (χ1v) is 8.05. The summed E-state index contributed by atoms with van der Waals surface area (Å²) in [6.07, 6.45) is 5.49. The zero-order valence-electron chi connectivity index (χ0n) is 15.1. The fourth-order valence-corrected chi connectivity index (χ4v) is 3.03. The van der Waals surface area contributed by atoms with Crippen LogP contribution in [0.5, 0.6) is 0 Å². The Kier molecular flexibility index (Phi) is 5.60. The van der Waals surface area contributed by atoms with Gasteiger partial charge in [-0.05, 0) is 56.9 Å². The number of hydrogen-bond donors (Lipinski definition) is 0. The second-order valence-electron chi connectivity index (χ2n) is 6.65. The van der Waals surface area contributed by atoms with Crippen LogP contribution in [0.4, 0.5) is 0 Å². The number of aromatic nitrogens is 2. The second-order valence-corrected chi connectivity index (χ2v) is 6.65. The van der Waals surface area contributed by atoms with Crippen molar-refractivity contribution < 1.29 is 9.47 Å². The molecule has 0 aliphatic rings. The van der Waals surface area contributed by atoms with Crippen LogP contribution < -0.4 is 0 Å². The van der Waals surface area contributed by atoms with Gasteiger partial charge in [0.25, 0.3) is 0 Å². The number of imidazole rings is 1. The van der Waals surface area contributed by atoms with E-state index in [0.29, 0.717) is 6.61 Å². The summed E-state index contributed by atoms with van der Waals surface area (Å²) in [5.41, 5.74) is 4.79. The fraction of sp³-hybridized carbons (Fsp3) is 0.526. The maximum atomic E-state index is 6.44. The maximum Gasteiger partial charge on any atom is 0.0998 e. The molecule has 1 unspecified atom stereocenters. The lowest BCUT2D eigenvalue weighted by Crippen LogP contribution is -2.34. The molecule has 2 aromatic rings. The van der Waals surface area contributed by atoms with Crippen LogP contribution in [0.3, 0.4) is 0 Å². The number of hydrogen-bond acceptors (Lipinski definition) is 3. The first kappa shape index (κ1) is 17.7. The minimum atomic E-state index is -0.383. The van der Waals surface area contributed by atoms with Crippen LogP contribution in [0.15, 0.2) is 30.9 Å². The van der Waals surface area contributed by atoms with Gasteiger partial charge < -0.3 is 14.0 Å². The van der Waals surface area contributed by atoms with Crippen molar-refractivity contribution in [2.45, 2.75) is 52.9 Å². The molecule has 0 N–H and O–H groups in total. The van der Waals surface area contributed by atoms with Gasteiger partial charge in [-0.25, -0.2) is 4.98 Å². The van der Waals surface area contributed by atoms with Gasteiger partial charge in [-0.3, -0.25) is 0 Å². The van der Waals surface area contributed by atoms with E-state index in [2.05, 4.69) is 51.7 Å². The summed E-state index contributed by atoms with van der Waals surface area (Å²) < 4.78 is 13.8. The quantitative estimate of drug-likeness (QED) is 0.780. The van der Waals surface area contributed by atoms with Gasteiger partial charge in [0, 0.05) is 19.5 Å². The summed E-state index contributed by atoms with van der Waals surface area (Å²) in [6, 6.07) is 4.35. The van der Waals surface area contributed by atoms with E-state index in [1.165, 1.54) is 22.3 Å². The fourth-order valence-electron chi connectivity index (χ4n) is 3.03. The Morgan fingerprint density at radius 3 is 2.52 bits per heavy atom. The van der Waals surface area contributed by atoms with E-state index in [0.717, 1.165) is 6.54 Å². The number of methoxy groups -OCH3 is 1. The Balaban J connectivity index is 2.21. The van der Waals surface area contributed by atoms with Crippen LogP contribution in [-0.2, 0) is 21.6 Å². The van der Waals surface area contributed by atoms with E-state index >= 15 is 0 Å². The van der Waals surface area contributed by atoms with Crippen LogP contribution in [0.1, 0.15) is 36.1 Å². The van der Waals surface area contributed by atoms with Gasteiger partial charge in [-0.1, -0.05) is 12.1 Å². The SMILES string of the molecule is COCC(Cn1ccnc1)OC(C)(C)c1ccc(C)c(C)c1C. The van der Waals surface area contributed by atoms with Crippen molar-refractivity contribution in [1.29, 1.82) is 0 Å². The maximum absolute atomic E-state index is 6.44. The van der Waals surface area contributed by atoms with Crippen molar-refractivity contribution in [3.63, 3.8) is 0 Å². The van der Waals surface area contributed by atoms with Gasteiger partial charge >= 0.3 is 0 Å². The van der Waals surface area contributed by atoms with Crippen molar-refractivity contribution in [2.24, 2.45) is 0 Å². The third-order valence-electron chi connectivity index (χ3n) is 4.49. The van der Waals surface area contributed by atoms with E-state index < -0.39 is 0 Å². The highest BCUT2D eigenvalue weighted by molar-refractivity contribution is 5.41. The third kappa shape index (κ3) is 4.21. The molecule has 126 valence electrons. The molecular formula is C19H28N2O2. The highest BCUT2D eigenvalue weighted by Gasteiger charge is 2.28. The number of rotatable bonds is 7. The van der Waals surface area contributed by atoms with E-state index in [1.54, 1.807) is 19.6 Å². The molecule has 0 saturated heterocycles. The van der Waals surface area contributed by atoms with Crippen molar-refractivity contribution in [1.82, 2.24) is 9.55 Å². The largest absolute Gasteiger partial charge is 0.382 e. The van der Waals surface area contributed by atoms with Gasteiger partial charge in [0.1, 0.15) is 0 Å². The van der Waals surface area contributed by atoms with Crippen molar-refractivity contribution in [2.75, 3.05) is 13.7 Å². The van der Waals surface area contributed by atoms with E-state index in [1.807, 2.05) is 10.8 Å². The van der Waals surface area contributed by atoms with Gasteiger partial charge in [-0.15, -0.1) is 0 Å². The van der Waals surface area contributed by atoms with Crippen LogP contribution in [0, 0.1) is 20.8 Å². The smallest absolute Gasteiger partial charge is 0.0998 e. The van der Waals surface area contributed by atoms with E-state index in [4.69, 9.17) is 9.47 Å². The predicted molar refractivity (Wildman–Crippen MR) is 92.7 cm³/mol. The monoisotopic (exact) mass is 316 g/mol. The molecule has 4 nitrogen and oxygen atoms in total. The molecule has 0 fully saturated rings. The van der Waals surface area contributed by atoms with Crippen molar-refractivity contribution in [3.05, 3.63) is 53.1 Å². The molecule has 4 heteroatoms. The third-order valence-corrected chi connectivity index (χ3v) is 4.49. The highest BCUT2D eigenvalue weighted by Crippen LogP contribution is 2.31. The van der Waals surface area contributed by atoms with Crippen LogP contribution >= 0.6 is 0 Å². The molecule has 0 radical (unpaired) electrons. The molecule has 1 heterocycles. The topological polar surface area (TPSA) is 36.3 Å². The Bertz CT molecular complexity index is 633. The minimum Gasteiger partial charge on any atom is -0.382 e. The molecule has 2 rings (SSSR count).